The molecule has 1 aromatic rings. The number of sulfonamides is 1. The van der Waals surface area contributed by atoms with Crippen molar-refractivity contribution in [2.24, 2.45) is 22.4 Å². The third-order valence-corrected chi connectivity index (χ3v) is 7.34. The second-order valence-corrected chi connectivity index (χ2v) is 10.6. The van der Waals surface area contributed by atoms with Crippen LogP contribution >= 0.6 is 0 Å². The summed E-state index contributed by atoms with van der Waals surface area (Å²) < 4.78 is 28.0. The zero-order valence-electron chi connectivity index (χ0n) is 16.2. The van der Waals surface area contributed by atoms with Gasteiger partial charge < -0.3 is 0 Å². The Morgan fingerprint density at radius 3 is 2.54 bits per heavy atom. The van der Waals surface area contributed by atoms with Gasteiger partial charge in [-0.25, -0.2) is 13.1 Å². The Balaban J connectivity index is 1.77. The van der Waals surface area contributed by atoms with Crippen LogP contribution in [0.5, 0.6) is 0 Å². The van der Waals surface area contributed by atoms with Crippen molar-refractivity contribution in [3.63, 3.8) is 0 Å². The molecule has 0 aliphatic heterocycles. The maximum atomic E-state index is 12.7. The van der Waals surface area contributed by atoms with Gasteiger partial charge in [0.25, 0.3) is 0 Å². The Kier molecular flexibility index (Phi) is 4.78. The molecule has 0 saturated heterocycles. The molecule has 0 amide bonds. The highest BCUT2D eigenvalue weighted by Gasteiger charge is 2.50. The maximum absolute atomic E-state index is 12.7. The predicted octanol–water partition coefficient (Wildman–Crippen LogP) is 4.15. The van der Waals surface area contributed by atoms with Crippen molar-refractivity contribution < 1.29 is 8.42 Å². The molecule has 1 aromatic carbocycles. The van der Waals surface area contributed by atoms with E-state index in [1.807, 2.05) is 27.0 Å². The van der Waals surface area contributed by atoms with Crippen LogP contribution in [-0.4, -0.2) is 20.2 Å². The molecule has 0 aromatic heterocycles. The standard InChI is InChI=1S/C20H29N3O2S/c1-19(2,3)23-26(24,25)18-9-7-6-8-17(18)22-21-13-14-10-11-15-12-16(14)20(15,4)5/h6-10,13,15-16,22-23H,11-12H2,1-5H3/t15-,16+/m0/s1. The number of allylic oxidation sites excluding steroid dienone is 2. The molecule has 0 unspecified atom stereocenters. The van der Waals surface area contributed by atoms with E-state index in [1.165, 1.54) is 12.0 Å². The molecule has 2 atom stereocenters. The first-order chi connectivity index (χ1) is 12.0. The molecule has 3 aliphatic carbocycles. The topological polar surface area (TPSA) is 70.6 Å². The fourth-order valence-corrected chi connectivity index (χ4v) is 5.55. The van der Waals surface area contributed by atoms with Gasteiger partial charge in [0.15, 0.2) is 0 Å². The largest absolute Gasteiger partial charge is 0.277 e. The summed E-state index contributed by atoms with van der Waals surface area (Å²) in [6.07, 6.45) is 6.44. The summed E-state index contributed by atoms with van der Waals surface area (Å²) in [5.74, 6) is 1.33. The molecule has 0 radical (unpaired) electrons. The maximum Gasteiger partial charge on any atom is 0.243 e. The molecule has 5 nitrogen and oxygen atoms in total. The highest BCUT2D eigenvalue weighted by molar-refractivity contribution is 7.89. The van der Waals surface area contributed by atoms with Gasteiger partial charge in [-0.3, -0.25) is 5.43 Å². The van der Waals surface area contributed by atoms with E-state index < -0.39 is 15.6 Å². The number of hydrogen-bond acceptors (Lipinski definition) is 4. The monoisotopic (exact) mass is 375 g/mol. The van der Waals surface area contributed by atoms with Gasteiger partial charge in [0, 0.05) is 5.54 Å². The number of para-hydroxylation sites is 1. The summed E-state index contributed by atoms with van der Waals surface area (Å²) in [6.45, 7) is 10.1. The lowest BCUT2D eigenvalue weighted by atomic mass is 9.49. The number of nitrogens with zero attached hydrogens (tertiary/aromatic N) is 1. The van der Waals surface area contributed by atoms with E-state index in [0.717, 1.165) is 12.3 Å². The van der Waals surface area contributed by atoms with E-state index in [2.05, 4.69) is 35.2 Å². The number of nitrogens with one attached hydrogen (secondary N) is 2. The van der Waals surface area contributed by atoms with Crippen molar-refractivity contribution in [3.05, 3.63) is 35.9 Å². The SMILES string of the molecule is CC(C)(C)NS(=O)(=O)c1ccccc1NN=CC1=CC[C@H]2C[C@H]1C2(C)C. The minimum Gasteiger partial charge on any atom is -0.277 e. The van der Waals surface area contributed by atoms with Gasteiger partial charge in [-0.15, -0.1) is 0 Å². The Labute approximate surface area is 157 Å². The van der Waals surface area contributed by atoms with Gasteiger partial charge in [-0.1, -0.05) is 32.1 Å². The van der Waals surface area contributed by atoms with Gasteiger partial charge in [-0.05, 0) is 68.6 Å². The van der Waals surface area contributed by atoms with Crippen LogP contribution in [0.15, 0.2) is 45.9 Å². The summed E-state index contributed by atoms with van der Waals surface area (Å²) in [5, 5.41) is 4.34. The second-order valence-electron chi connectivity index (χ2n) is 8.97. The van der Waals surface area contributed by atoms with Crippen molar-refractivity contribution in [2.75, 3.05) is 5.43 Å². The fourth-order valence-electron chi connectivity index (χ4n) is 3.97. The lowest BCUT2D eigenvalue weighted by Crippen LogP contribution is -2.48. The van der Waals surface area contributed by atoms with Gasteiger partial charge in [-0.2, -0.15) is 5.10 Å². The third-order valence-electron chi connectivity index (χ3n) is 5.53. The average Bonchev–Trinajstić information content (AvgIpc) is 2.53. The van der Waals surface area contributed by atoms with Crippen LogP contribution in [-0.2, 0) is 10.0 Å². The van der Waals surface area contributed by atoms with Crippen molar-refractivity contribution in [1.82, 2.24) is 4.72 Å². The van der Waals surface area contributed by atoms with E-state index >= 15 is 0 Å². The molecule has 0 heterocycles. The van der Waals surface area contributed by atoms with Crippen LogP contribution in [0.25, 0.3) is 0 Å². The molecule has 2 N–H and O–H groups in total. The van der Waals surface area contributed by atoms with Gasteiger partial charge in [0.05, 0.1) is 11.9 Å². The molecule has 1 saturated carbocycles. The number of fused-ring (bicyclic) bond motifs is 1. The van der Waals surface area contributed by atoms with Crippen LogP contribution < -0.4 is 10.1 Å². The normalized spacial score (nSPS) is 24.9. The zero-order chi connectivity index (χ0) is 19.2. The molecule has 2 bridgehead atoms. The molecule has 4 rings (SSSR count). The molecule has 6 heteroatoms. The highest BCUT2D eigenvalue weighted by atomic mass is 32.2. The van der Waals surface area contributed by atoms with Gasteiger partial charge in [0.2, 0.25) is 10.0 Å². The Bertz CT molecular complexity index is 848. The summed E-state index contributed by atoms with van der Waals surface area (Å²) in [5.41, 5.74) is 4.44. The summed E-state index contributed by atoms with van der Waals surface area (Å²) >= 11 is 0. The minimum atomic E-state index is -3.63. The quantitative estimate of drug-likeness (QED) is 0.600. The molecule has 26 heavy (non-hydrogen) atoms. The van der Waals surface area contributed by atoms with Crippen molar-refractivity contribution in [1.29, 1.82) is 0 Å². The number of benzene rings is 1. The summed E-state index contributed by atoms with van der Waals surface area (Å²) in [4.78, 5) is 0.203. The number of anilines is 1. The first kappa shape index (κ1) is 19.1. The van der Waals surface area contributed by atoms with E-state index in [9.17, 15) is 8.42 Å². The van der Waals surface area contributed by atoms with E-state index in [0.29, 0.717) is 17.0 Å². The molecular weight excluding hydrogens is 346 g/mol. The Morgan fingerprint density at radius 1 is 1.23 bits per heavy atom. The zero-order valence-corrected chi connectivity index (χ0v) is 17.0. The Morgan fingerprint density at radius 2 is 1.92 bits per heavy atom. The lowest BCUT2D eigenvalue weighted by molar-refractivity contribution is -0.00124. The van der Waals surface area contributed by atoms with Crippen LogP contribution in [0.3, 0.4) is 0 Å². The van der Waals surface area contributed by atoms with Crippen molar-refractivity contribution in [3.8, 4) is 0 Å². The molecular formula is C20H29N3O2S. The van der Waals surface area contributed by atoms with E-state index in [4.69, 9.17) is 0 Å². The smallest absolute Gasteiger partial charge is 0.243 e. The number of hydrogen-bond donors (Lipinski definition) is 2. The van der Waals surface area contributed by atoms with Gasteiger partial charge in [0.1, 0.15) is 4.90 Å². The van der Waals surface area contributed by atoms with Crippen LogP contribution in [0.4, 0.5) is 5.69 Å². The first-order valence-corrected chi connectivity index (χ1v) is 10.6. The van der Waals surface area contributed by atoms with Crippen molar-refractivity contribution >= 4 is 21.9 Å². The molecule has 3 aliphatic rings. The molecule has 0 spiro atoms. The molecule has 1 fully saturated rings. The van der Waals surface area contributed by atoms with E-state index in [-0.39, 0.29) is 4.90 Å². The first-order valence-electron chi connectivity index (χ1n) is 9.13. The van der Waals surface area contributed by atoms with E-state index in [1.54, 1.807) is 24.3 Å². The van der Waals surface area contributed by atoms with Crippen LogP contribution in [0, 0.1) is 17.3 Å². The predicted molar refractivity (Wildman–Crippen MR) is 107 cm³/mol. The number of hydrazone groups is 1. The summed E-state index contributed by atoms with van der Waals surface area (Å²) in [6, 6.07) is 6.83. The summed E-state index contributed by atoms with van der Waals surface area (Å²) in [7, 11) is -3.63. The highest BCUT2D eigenvalue weighted by Crippen LogP contribution is 2.58. The Hall–Kier alpha value is -1.66. The fraction of sp³-hybridized carbons (Fsp3) is 0.550. The van der Waals surface area contributed by atoms with Gasteiger partial charge >= 0.3 is 0 Å². The van der Waals surface area contributed by atoms with Crippen LogP contribution in [0.2, 0.25) is 0 Å². The van der Waals surface area contributed by atoms with Crippen LogP contribution in [0.1, 0.15) is 47.5 Å². The second kappa shape index (κ2) is 6.50. The third kappa shape index (κ3) is 3.71. The molecule has 142 valence electrons. The lowest BCUT2D eigenvalue weighted by Gasteiger charge is -2.55. The number of rotatable bonds is 5. The minimum absolute atomic E-state index is 0.203. The average molecular weight is 376 g/mol. The van der Waals surface area contributed by atoms with Crippen molar-refractivity contribution in [2.45, 2.75) is 57.9 Å².